The summed E-state index contributed by atoms with van der Waals surface area (Å²) in [6.45, 7) is 0.492. The van der Waals surface area contributed by atoms with E-state index in [9.17, 15) is 13.2 Å². The van der Waals surface area contributed by atoms with Crippen LogP contribution < -0.4 is 4.74 Å². The van der Waals surface area contributed by atoms with Crippen molar-refractivity contribution in [2.24, 2.45) is 4.99 Å². The highest BCUT2D eigenvalue weighted by molar-refractivity contribution is 8.15. The molecular weight excluding hydrogens is 420 g/mol. The van der Waals surface area contributed by atoms with Crippen LogP contribution in [0.5, 0.6) is 5.75 Å². The van der Waals surface area contributed by atoms with Crippen LogP contribution in [0.1, 0.15) is 17.5 Å². The number of amidine groups is 1. The first-order valence-corrected chi connectivity index (χ1v) is 12.6. The summed E-state index contributed by atoms with van der Waals surface area (Å²) in [5.41, 5.74) is 2.09. The number of methoxy groups -OCH3 is 1. The Morgan fingerprint density at radius 1 is 1.13 bits per heavy atom. The molecule has 2 saturated heterocycles. The number of aryl methyl sites for hydroxylation is 1. The zero-order valence-corrected chi connectivity index (χ0v) is 18.4. The largest absolute Gasteiger partial charge is 0.497 e. The molecule has 2 atom stereocenters. The quantitative estimate of drug-likeness (QED) is 0.682. The van der Waals surface area contributed by atoms with Crippen LogP contribution in [-0.2, 0) is 27.6 Å². The number of hydrogen-bond acceptors (Lipinski definition) is 5. The SMILES string of the molecule is COc1cccc(CN2C(=NC(=O)CCc3ccccc3)S[C@@H]3CS(=O)(=O)C[C@@H]32)c1. The van der Waals surface area contributed by atoms with Crippen LogP contribution in [0.4, 0.5) is 0 Å². The van der Waals surface area contributed by atoms with E-state index < -0.39 is 9.84 Å². The van der Waals surface area contributed by atoms with Gasteiger partial charge in [-0.3, -0.25) is 4.79 Å². The van der Waals surface area contributed by atoms with Gasteiger partial charge in [-0.1, -0.05) is 54.2 Å². The number of benzene rings is 2. The number of nitrogens with zero attached hydrogens (tertiary/aromatic N) is 2. The van der Waals surface area contributed by atoms with Crippen molar-refractivity contribution in [3.63, 3.8) is 0 Å². The third-order valence-electron chi connectivity index (χ3n) is 5.35. The number of amides is 1. The molecule has 0 bridgehead atoms. The molecule has 1 amide bonds. The Balaban J connectivity index is 1.52. The maximum Gasteiger partial charge on any atom is 0.248 e. The van der Waals surface area contributed by atoms with Gasteiger partial charge in [0.25, 0.3) is 0 Å². The smallest absolute Gasteiger partial charge is 0.248 e. The Kier molecular flexibility index (Phi) is 6.15. The first-order chi connectivity index (χ1) is 14.4. The summed E-state index contributed by atoms with van der Waals surface area (Å²) in [4.78, 5) is 18.9. The summed E-state index contributed by atoms with van der Waals surface area (Å²) >= 11 is 1.42. The van der Waals surface area contributed by atoms with Crippen molar-refractivity contribution in [1.29, 1.82) is 0 Å². The van der Waals surface area contributed by atoms with Gasteiger partial charge in [-0.05, 0) is 29.7 Å². The summed E-state index contributed by atoms with van der Waals surface area (Å²) in [6.07, 6.45) is 0.965. The Bertz CT molecular complexity index is 1050. The maximum atomic E-state index is 12.6. The molecule has 158 valence electrons. The minimum absolute atomic E-state index is 0.0821. The summed E-state index contributed by atoms with van der Waals surface area (Å²) in [5.74, 6) is 0.798. The number of carbonyl (C=O) groups excluding carboxylic acids is 1. The number of thioether (sulfide) groups is 1. The topological polar surface area (TPSA) is 76.0 Å². The summed E-state index contributed by atoms with van der Waals surface area (Å²) in [5, 5.41) is 0.544. The van der Waals surface area contributed by atoms with E-state index in [4.69, 9.17) is 4.74 Å². The van der Waals surface area contributed by atoms with Crippen LogP contribution in [0.3, 0.4) is 0 Å². The fraction of sp³-hybridized carbons (Fsp3) is 0.364. The Morgan fingerprint density at radius 2 is 1.90 bits per heavy atom. The summed E-state index contributed by atoms with van der Waals surface area (Å²) < 4.78 is 29.6. The van der Waals surface area contributed by atoms with Crippen LogP contribution in [0.25, 0.3) is 0 Å². The van der Waals surface area contributed by atoms with Crippen LogP contribution in [0, 0.1) is 0 Å². The molecule has 0 spiro atoms. The summed E-state index contributed by atoms with van der Waals surface area (Å²) in [7, 11) is -1.46. The number of ether oxygens (including phenoxy) is 1. The van der Waals surface area contributed by atoms with Gasteiger partial charge in [0.15, 0.2) is 15.0 Å². The number of fused-ring (bicyclic) bond motifs is 1. The molecule has 0 unspecified atom stereocenters. The van der Waals surface area contributed by atoms with E-state index >= 15 is 0 Å². The molecule has 2 aliphatic rings. The van der Waals surface area contributed by atoms with E-state index in [1.165, 1.54) is 11.8 Å². The lowest BCUT2D eigenvalue weighted by molar-refractivity contribution is -0.117. The molecule has 30 heavy (non-hydrogen) atoms. The first kappa shape index (κ1) is 20.9. The van der Waals surface area contributed by atoms with Gasteiger partial charge in [0, 0.05) is 18.2 Å². The van der Waals surface area contributed by atoms with Gasteiger partial charge in [-0.25, -0.2) is 8.42 Å². The number of carbonyl (C=O) groups is 1. The lowest BCUT2D eigenvalue weighted by Crippen LogP contribution is -2.37. The molecule has 6 nitrogen and oxygen atoms in total. The van der Waals surface area contributed by atoms with E-state index in [1.807, 2.05) is 59.5 Å². The van der Waals surface area contributed by atoms with Gasteiger partial charge < -0.3 is 9.64 Å². The van der Waals surface area contributed by atoms with Crippen molar-refractivity contribution in [2.45, 2.75) is 30.7 Å². The van der Waals surface area contributed by atoms with E-state index in [-0.39, 0.29) is 28.7 Å². The monoisotopic (exact) mass is 444 g/mol. The molecule has 0 radical (unpaired) electrons. The van der Waals surface area contributed by atoms with Gasteiger partial charge in [0.2, 0.25) is 5.91 Å². The van der Waals surface area contributed by atoms with E-state index in [2.05, 4.69) is 4.99 Å². The predicted molar refractivity (Wildman–Crippen MR) is 120 cm³/mol. The Hall–Kier alpha value is -2.32. The van der Waals surface area contributed by atoms with Gasteiger partial charge in [-0.15, -0.1) is 0 Å². The second-order valence-electron chi connectivity index (χ2n) is 7.55. The van der Waals surface area contributed by atoms with E-state index in [1.54, 1.807) is 7.11 Å². The highest BCUT2D eigenvalue weighted by atomic mass is 32.2. The first-order valence-electron chi connectivity index (χ1n) is 9.85. The number of hydrogen-bond donors (Lipinski definition) is 0. The van der Waals surface area contributed by atoms with Crippen LogP contribution in [0.15, 0.2) is 59.6 Å². The Labute approximate surface area is 181 Å². The molecule has 0 saturated carbocycles. The van der Waals surface area contributed by atoms with E-state index in [0.717, 1.165) is 16.9 Å². The number of sulfone groups is 1. The number of aliphatic imine (C=N–C) groups is 1. The highest BCUT2D eigenvalue weighted by Crippen LogP contribution is 2.39. The van der Waals surface area contributed by atoms with Crippen molar-refractivity contribution in [1.82, 2.24) is 4.90 Å². The number of rotatable bonds is 6. The molecule has 4 rings (SSSR count). The van der Waals surface area contributed by atoms with Gasteiger partial charge in [-0.2, -0.15) is 4.99 Å². The molecule has 0 N–H and O–H groups in total. The standard InChI is InChI=1S/C22H24N2O4S2/c1-28-18-9-5-8-17(12-18)13-24-19-14-30(26,27)15-20(19)29-22(24)23-21(25)11-10-16-6-3-2-4-7-16/h2-9,12,19-20H,10-11,13-15H2,1H3/t19-,20+/m0/s1. The zero-order valence-electron chi connectivity index (χ0n) is 16.7. The minimum Gasteiger partial charge on any atom is -0.497 e. The van der Waals surface area contributed by atoms with Crippen molar-refractivity contribution in [3.05, 3.63) is 65.7 Å². The molecule has 0 aromatic heterocycles. The van der Waals surface area contributed by atoms with Crippen molar-refractivity contribution >= 4 is 32.7 Å². The second kappa shape index (κ2) is 8.81. The normalized spacial score (nSPS) is 23.5. The molecule has 2 aromatic rings. The van der Waals surface area contributed by atoms with Crippen molar-refractivity contribution in [2.75, 3.05) is 18.6 Å². The van der Waals surface area contributed by atoms with Crippen LogP contribution in [-0.4, -0.2) is 54.3 Å². The lowest BCUT2D eigenvalue weighted by atomic mass is 10.1. The van der Waals surface area contributed by atoms with Gasteiger partial charge in [0.1, 0.15) is 5.75 Å². The molecule has 2 heterocycles. The summed E-state index contributed by atoms with van der Waals surface area (Å²) in [6, 6.07) is 17.4. The fourth-order valence-corrected chi connectivity index (χ4v) is 7.81. The third-order valence-corrected chi connectivity index (χ3v) is 8.60. The molecule has 2 fully saturated rings. The molecule has 2 aliphatic heterocycles. The van der Waals surface area contributed by atoms with Crippen LogP contribution >= 0.6 is 11.8 Å². The maximum absolute atomic E-state index is 12.6. The van der Waals surface area contributed by atoms with Gasteiger partial charge >= 0.3 is 0 Å². The van der Waals surface area contributed by atoms with Crippen molar-refractivity contribution < 1.29 is 17.9 Å². The predicted octanol–water partition coefficient (Wildman–Crippen LogP) is 2.93. The fourth-order valence-electron chi connectivity index (χ4n) is 3.85. The molecule has 0 aliphatic carbocycles. The zero-order chi connectivity index (χ0) is 21.1. The second-order valence-corrected chi connectivity index (χ2v) is 10.9. The Morgan fingerprint density at radius 3 is 2.67 bits per heavy atom. The molecular formula is C22H24N2O4S2. The lowest BCUT2D eigenvalue weighted by Gasteiger charge is -2.24. The highest BCUT2D eigenvalue weighted by Gasteiger charge is 2.48. The average molecular weight is 445 g/mol. The average Bonchev–Trinajstić information content (AvgIpc) is 3.19. The van der Waals surface area contributed by atoms with Crippen molar-refractivity contribution in [3.8, 4) is 5.75 Å². The molecule has 8 heteroatoms. The third kappa shape index (κ3) is 4.87. The minimum atomic E-state index is -3.07. The van der Waals surface area contributed by atoms with E-state index in [0.29, 0.717) is 24.6 Å². The molecule has 2 aromatic carbocycles. The van der Waals surface area contributed by atoms with Crippen LogP contribution in [0.2, 0.25) is 0 Å². The van der Waals surface area contributed by atoms with Gasteiger partial charge in [0.05, 0.1) is 24.7 Å².